The number of aryl methyl sites for hydroxylation is 1. The van der Waals surface area contributed by atoms with Crippen molar-refractivity contribution >= 4 is 11.9 Å². The summed E-state index contributed by atoms with van der Waals surface area (Å²) in [5, 5.41) is 0. The Morgan fingerprint density at radius 1 is 0.700 bits per heavy atom. The lowest BCUT2D eigenvalue weighted by molar-refractivity contribution is -0.134. The molecule has 0 spiro atoms. The Morgan fingerprint density at radius 3 is 1.95 bits per heavy atom. The minimum Gasteiger partial charge on any atom is -0.494 e. The van der Waals surface area contributed by atoms with Crippen molar-refractivity contribution in [2.75, 3.05) is 13.2 Å². The first kappa shape index (κ1) is 30.9. The van der Waals surface area contributed by atoms with Gasteiger partial charge in [0.2, 0.25) is 0 Å². The lowest BCUT2D eigenvalue weighted by Crippen LogP contribution is -2.10. The first-order chi connectivity index (χ1) is 19.4. The average molecular weight is 545 g/mol. The van der Waals surface area contributed by atoms with Crippen LogP contribution in [0.3, 0.4) is 0 Å². The van der Waals surface area contributed by atoms with Crippen LogP contribution >= 0.6 is 0 Å². The summed E-state index contributed by atoms with van der Waals surface area (Å²) in [5.41, 5.74) is 3.76. The van der Waals surface area contributed by atoms with Crippen molar-refractivity contribution in [2.45, 2.75) is 78.6 Å². The monoisotopic (exact) mass is 544 g/mol. The number of rotatable bonds is 17. The molecular weight excluding hydrogens is 500 g/mol. The standard InChI is InChI=1S/C35H44O5/c1-4-5-6-7-8-9-25-38-32-19-15-30(16-20-32)29-13-10-28(11-14-29)12-23-34(36)40-33-21-17-31(18-22-33)35(37)39-26-24-27(2)3/h10-11,13-22,27H,4-9,12,23-26H2,1-3H3. The molecule has 5 nitrogen and oxygen atoms in total. The van der Waals surface area contributed by atoms with Gasteiger partial charge in [0.25, 0.3) is 0 Å². The number of carbonyl (C=O) groups excluding carboxylic acids is 2. The molecule has 3 aromatic rings. The van der Waals surface area contributed by atoms with Crippen LogP contribution in [0.4, 0.5) is 0 Å². The van der Waals surface area contributed by atoms with Crippen LogP contribution < -0.4 is 9.47 Å². The van der Waals surface area contributed by atoms with E-state index in [1.807, 2.05) is 24.3 Å². The molecule has 0 aliphatic heterocycles. The number of hydrogen-bond donors (Lipinski definition) is 0. The smallest absolute Gasteiger partial charge is 0.338 e. The van der Waals surface area contributed by atoms with E-state index in [4.69, 9.17) is 14.2 Å². The van der Waals surface area contributed by atoms with Crippen LogP contribution in [0.1, 0.15) is 88.1 Å². The van der Waals surface area contributed by atoms with Gasteiger partial charge < -0.3 is 14.2 Å². The molecule has 0 heterocycles. The molecule has 0 atom stereocenters. The number of hydrogen-bond acceptors (Lipinski definition) is 5. The highest BCUT2D eigenvalue weighted by Crippen LogP contribution is 2.24. The van der Waals surface area contributed by atoms with E-state index in [-0.39, 0.29) is 18.4 Å². The minimum atomic E-state index is -0.366. The fourth-order valence-electron chi connectivity index (χ4n) is 4.24. The Balaban J connectivity index is 1.38. The third-order valence-corrected chi connectivity index (χ3v) is 6.78. The van der Waals surface area contributed by atoms with Gasteiger partial charge in [-0.25, -0.2) is 4.79 Å². The number of unbranched alkanes of at least 4 members (excludes halogenated alkanes) is 5. The van der Waals surface area contributed by atoms with Gasteiger partial charge in [-0.15, -0.1) is 0 Å². The zero-order chi connectivity index (χ0) is 28.6. The molecule has 0 saturated carbocycles. The van der Waals surface area contributed by atoms with E-state index in [0.29, 0.717) is 30.3 Å². The molecule has 5 heteroatoms. The number of carbonyl (C=O) groups is 2. The van der Waals surface area contributed by atoms with Gasteiger partial charge in [0.15, 0.2) is 0 Å². The Kier molecular flexibility index (Phi) is 13.3. The maximum Gasteiger partial charge on any atom is 0.338 e. The van der Waals surface area contributed by atoms with Crippen molar-refractivity contribution in [1.29, 1.82) is 0 Å². The van der Waals surface area contributed by atoms with E-state index in [0.717, 1.165) is 41.9 Å². The van der Waals surface area contributed by atoms with Crippen LogP contribution in [0.5, 0.6) is 11.5 Å². The van der Waals surface area contributed by atoms with Crippen LogP contribution in [0.2, 0.25) is 0 Å². The summed E-state index contributed by atoms with van der Waals surface area (Å²) in [4.78, 5) is 24.5. The van der Waals surface area contributed by atoms with Gasteiger partial charge in [0.1, 0.15) is 11.5 Å². The normalized spacial score (nSPS) is 10.9. The summed E-state index contributed by atoms with van der Waals surface area (Å²) >= 11 is 0. The highest BCUT2D eigenvalue weighted by molar-refractivity contribution is 5.89. The van der Waals surface area contributed by atoms with Crippen LogP contribution in [0.25, 0.3) is 11.1 Å². The molecule has 0 radical (unpaired) electrons. The van der Waals surface area contributed by atoms with Crippen molar-refractivity contribution in [3.05, 3.63) is 83.9 Å². The summed E-state index contributed by atoms with van der Waals surface area (Å²) in [5.74, 6) is 1.12. The van der Waals surface area contributed by atoms with E-state index in [9.17, 15) is 9.59 Å². The molecule has 3 rings (SSSR count). The fraction of sp³-hybridized carbons (Fsp3) is 0.429. The SMILES string of the molecule is CCCCCCCCOc1ccc(-c2ccc(CCC(=O)Oc3ccc(C(=O)OCCC(C)C)cc3)cc2)cc1. The van der Waals surface area contributed by atoms with Gasteiger partial charge in [0, 0.05) is 6.42 Å². The molecule has 0 aliphatic rings. The van der Waals surface area contributed by atoms with Crippen molar-refractivity contribution in [1.82, 2.24) is 0 Å². The van der Waals surface area contributed by atoms with Crippen molar-refractivity contribution in [2.24, 2.45) is 5.92 Å². The van der Waals surface area contributed by atoms with Gasteiger partial charge in [0.05, 0.1) is 18.8 Å². The lowest BCUT2D eigenvalue weighted by atomic mass is 10.0. The maximum absolute atomic E-state index is 12.4. The third kappa shape index (κ3) is 11.3. The topological polar surface area (TPSA) is 61.8 Å². The Morgan fingerprint density at radius 2 is 1.30 bits per heavy atom. The minimum absolute atomic E-state index is 0.267. The lowest BCUT2D eigenvalue weighted by Gasteiger charge is -2.09. The van der Waals surface area contributed by atoms with Crippen LogP contribution in [0.15, 0.2) is 72.8 Å². The van der Waals surface area contributed by atoms with Crippen molar-refractivity contribution < 1.29 is 23.8 Å². The zero-order valence-corrected chi connectivity index (χ0v) is 24.3. The molecule has 0 amide bonds. The number of benzene rings is 3. The molecule has 40 heavy (non-hydrogen) atoms. The summed E-state index contributed by atoms with van der Waals surface area (Å²) < 4.78 is 16.6. The van der Waals surface area contributed by atoms with Gasteiger partial charge >= 0.3 is 11.9 Å². The molecule has 0 saturated heterocycles. The van der Waals surface area contributed by atoms with E-state index in [1.54, 1.807) is 24.3 Å². The maximum atomic E-state index is 12.4. The van der Waals surface area contributed by atoms with Crippen LogP contribution in [0, 0.1) is 5.92 Å². The predicted molar refractivity (Wildman–Crippen MR) is 161 cm³/mol. The largest absolute Gasteiger partial charge is 0.494 e. The van der Waals surface area contributed by atoms with E-state index in [1.165, 1.54) is 32.1 Å². The van der Waals surface area contributed by atoms with E-state index in [2.05, 4.69) is 45.0 Å². The molecule has 0 N–H and O–H groups in total. The van der Waals surface area contributed by atoms with Crippen molar-refractivity contribution in [3.63, 3.8) is 0 Å². The second-order valence-electron chi connectivity index (χ2n) is 10.7. The van der Waals surface area contributed by atoms with Crippen molar-refractivity contribution in [3.8, 4) is 22.6 Å². The highest BCUT2D eigenvalue weighted by atomic mass is 16.5. The summed E-state index contributed by atoms with van der Waals surface area (Å²) in [6, 6.07) is 22.9. The molecule has 0 bridgehead atoms. The number of esters is 2. The quantitative estimate of drug-likeness (QED) is 0.0965. The Labute approximate surface area is 239 Å². The second kappa shape index (κ2) is 17.2. The highest BCUT2D eigenvalue weighted by Gasteiger charge is 2.10. The average Bonchev–Trinajstić information content (AvgIpc) is 2.96. The van der Waals surface area contributed by atoms with E-state index >= 15 is 0 Å². The number of ether oxygens (including phenoxy) is 3. The first-order valence-electron chi connectivity index (χ1n) is 14.7. The summed E-state index contributed by atoms with van der Waals surface area (Å²) in [6.07, 6.45) is 9.22. The molecule has 0 aromatic heterocycles. The van der Waals surface area contributed by atoms with Gasteiger partial charge in [-0.1, -0.05) is 89.3 Å². The Hall–Kier alpha value is -3.60. The first-order valence-corrected chi connectivity index (χ1v) is 14.7. The molecule has 0 unspecified atom stereocenters. The summed E-state index contributed by atoms with van der Waals surface area (Å²) in [7, 11) is 0. The molecule has 0 aliphatic carbocycles. The van der Waals surface area contributed by atoms with Gasteiger partial charge in [-0.3, -0.25) is 4.79 Å². The van der Waals surface area contributed by atoms with Gasteiger partial charge in [-0.05, 0) is 78.3 Å². The van der Waals surface area contributed by atoms with Crippen LogP contribution in [-0.2, 0) is 16.0 Å². The molecule has 0 fully saturated rings. The van der Waals surface area contributed by atoms with E-state index < -0.39 is 0 Å². The molecule has 3 aromatic carbocycles. The third-order valence-electron chi connectivity index (χ3n) is 6.78. The molecular formula is C35H44O5. The van der Waals surface area contributed by atoms with Crippen LogP contribution in [-0.4, -0.2) is 25.2 Å². The second-order valence-corrected chi connectivity index (χ2v) is 10.7. The van der Waals surface area contributed by atoms with Gasteiger partial charge in [-0.2, -0.15) is 0 Å². The Bertz CT molecular complexity index is 1150. The predicted octanol–water partition coefficient (Wildman–Crippen LogP) is 8.83. The molecule has 214 valence electrons. The zero-order valence-electron chi connectivity index (χ0n) is 24.3. The summed E-state index contributed by atoms with van der Waals surface area (Å²) in [6.45, 7) is 7.57. The fourth-order valence-corrected chi connectivity index (χ4v) is 4.24.